The van der Waals surface area contributed by atoms with Crippen LogP contribution >= 0.6 is 11.6 Å². The summed E-state index contributed by atoms with van der Waals surface area (Å²) >= 11 is 5.59. The summed E-state index contributed by atoms with van der Waals surface area (Å²) in [5.74, 6) is 0.802. The van der Waals surface area contributed by atoms with Gasteiger partial charge in [-0.1, -0.05) is 6.08 Å². The van der Waals surface area contributed by atoms with Gasteiger partial charge in [0.1, 0.15) is 5.76 Å². The molecule has 0 unspecified atom stereocenters. The molecular formula is C9H12ClNO. The molecule has 3 heteroatoms. The summed E-state index contributed by atoms with van der Waals surface area (Å²) in [6.07, 6.45) is 4.96. The summed E-state index contributed by atoms with van der Waals surface area (Å²) in [7, 11) is 1.93. The summed E-state index contributed by atoms with van der Waals surface area (Å²) in [5.41, 5.74) is 0. The van der Waals surface area contributed by atoms with Crippen molar-refractivity contribution in [3.63, 3.8) is 0 Å². The Kier molecular flexibility index (Phi) is 3.91. The maximum Gasteiger partial charge on any atom is 0.193 e. The van der Waals surface area contributed by atoms with Crippen molar-refractivity contribution < 1.29 is 4.42 Å². The highest BCUT2D eigenvalue weighted by molar-refractivity contribution is 6.28. The molecule has 0 saturated heterocycles. The number of furan rings is 1. The van der Waals surface area contributed by atoms with Crippen molar-refractivity contribution >= 4 is 17.7 Å². The Hall–Kier alpha value is -0.730. The zero-order chi connectivity index (χ0) is 8.81. The fourth-order valence-electron chi connectivity index (χ4n) is 0.845. The summed E-state index contributed by atoms with van der Waals surface area (Å²) in [4.78, 5) is 0. The van der Waals surface area contributed by atoms with Crippen molar-refractivity contribution in [2.75, 3.05) is 13.6 Å². The summed E-state index contributed by atoms with van der Waals surface area (Å²) in [5, 5.41) is 3.48. The maximum absolute atomic E-state index is 5.59. The van der Waals surface area contributed by atoms with Crippen LogP contribution in [-0.4, -0.2) is 13.6 Å². The Bertz CT molecular complexity index is 255. The summed E-state index contributed by atoms with van der Waals surface area (Å²) in [6, 6.07) is 3.58. The molecular weight excluding hydrogens is 174 g/mol. The van der Waals surface area contributed by atoms with Gasteiger partial charge in [-0.15, -0.1) is 0 Å². The molecule has 12 heavy (non-hydrogen) atoms. The molecule has 0 spiro atoms. The van der Waals surface area contributed by atoms with E-state index in [4.69, 9.17) is 16.0 Å². The molecule has 2 nitrogen and oxygen atoms in total. The number of hydrogen-bond donors (Lipinski definition) is 1. The Morgan fingerprint density at radius 3 is 3.00 bits per heavy atom. The molecule has 1 aromatic heterocycles. The van der Waals surface area contributed by atoms with E-state index >= 15 is 0 Å². The first kappa shape index (κ1) is 9.36. The Labute approximate surface area is 77.2 Å². The monoisotopic (exact) mass is 185 g/mol. The van der Waals surface area contributed by atoms with Gasteiger partial charge in [-0.05, 0) is 49.8 Å². The lowest BCUT2D eigenvalue weighted by atomic mass is 10.3. The van der Waals surface area contributed by atoms with Gasteiger partial charge in [0, 0.05) is 0 Å². The van der Waals surface area contributed by atoms with Gasteiger partial charge < -0.3 is 9.73 Å². The van der Waals surface area contributed by atoms with Crippen LogP contribution in [0.25, 0.3) is 6.08 Å². The summed E-state index contributed by atoms with van der Waals surface area (Å²) < 4.78 is 5.12. The molecule has 0 aliphatic rings. The van der Waals surface area contributed by atoms with Crippen LogP contribution in [0.3, 0.4) is 0 Å². The number of nitrogens with one attached hydrogen (secondary N) is 1. The highest BCUT2D eigenvalue weighted by Crippen LogP contribution is 2.14. The smallest absolute Gasteiger partial charge is 0.193 e. The van der Waals surface area contributed by atoms with Crippen molar-refractivity contribution in [2.45, 2.75) is 6.42 Å². The van der Waals surface area contributed by atoms with Crippen LogP contribution < -0.4 is 5.32 Å². The predicted octanol–water partition coefficient (Wildman–Crippen LogP) is 2.56. The van der Waals surface area contributed by atoms with Crippen LogP contribution in [0.15, 0.2) is 22.6 Å². The predicted molar refractivity (Wildman–Crippen MR) is 51.3 cm³/mol. The minimum atomic E-state index is 0.434. The average molecular weight is 186 g/mol. The molecule has 1 rings (SSSR count). The van der Waals surface area contributed by atoms with E-state index in [-0.39, 0.29) is 0 Å². The average Bonchev–Trinajstić information content (AvgIpc) is 2.45. The molecule has 0 aromatic carbocycles. The van der Waals surface area contributed by atoms with Gasteiger partial charge in [-0.3, -0.25) is 0 Å². The van der Waals surface area contributed by atoms with E-state index in [0.29, 0.717) is 5.22 Å². The third kappa shape index (κ3) is 3.11. The van der Waals surface area contributed by atoms with Gasteiger partial charge in [0.2, 0.25) is 0 Å². The van der Waals surface area contributed by atoms with Gasteiger partial charge in [0.15, 0.2) is 5.22 Å². The van der Waals surface area contributed by atoms with E-state index in [1.807, 2.05) is 25.3 Å². The van der Waals surface area contributed by atoms with Crippen molar-refractivity contribution in [2.24, 2.45) is 0 Å². The molecule has 0 radical (unpaired) electrons. The molecule has 0 atom stereocenters. The molecule has 1 heterocycles. The van der Waals surface area contributed by atoms with Crippen LogP contribution in [0.5, 0.6) is 0 Å². The SMILES string of the molecule is CNCC/C=C\c1ccc(Cl)o1. The van der Waals surface area contributed by atoms with Gasteiger partial charge in [0.25, 0.3) is 0 Å². The lowest BCUT2D eigenvalue weighted by Gasteiger charge is -1.89. The van der Waals surface area contributed by atoms with Crippen molar-refractivity contribution in [3.05, 3.63) is 29.2 Å². The van der Waals surface area contributed by atoms with E-state index in [9.17, 15) is 0 Å². The first-order chi connectivity index (χ1) is 5.83. The highest BCUT2D eigenvalue weighted by Gasteiger charge is 1.92. The molecule has 0 amide bonds. The second-order valence-corrected chi connectivity index (χ2v) is 2.81. The molecule has 0 bridgehead atoms. The zero-order valence-corrected chi connectivity index (χ0v) is 7.77. The van der Waals surface area contributed by atoms with Crippen LogP contribution in [0.1, 0.15) is 12.2 Å². The van der Waals surface area contributed by atoms with Gasteiger partial charge >= 0.3 is 0 Å². The quantitative estimate of drug-likeness (QED) is 0.730. The van der Waals surface area contributed by atoms with E-state index in [1.165, 1.54) is 0 Å². The topological polar surface area (TPSA) is 25.2 Å². The summed E-state index contributed by atoms with van der Waals surface area (Å²) in [6.45, 7) is 0.977. The van der Waals surface area contributed by atoms with Crippen LogP contribution in [0.4, 0.5) is 0 Å². The Morgan fingerprint density at radius 2 is 2.42 bits per heavy atom. The second kappa shape index (κ2) is 5.01. The lowest BCUT2D eigenvalue weighted by molar-refractivity contribution is 0.559. The van der Waals surface area contributed by atoms with Crippen molar-refractivity contribution in [3.8, 4) is 0 Å². The first-order valence-electron chi connectivity index (χ1n) is 3.89. The molecule has 0 aliphatic heterocycles. The second-order valence-electron chi connectivity index (χ2n) is 2.44. The lowest BCUT2D eigenvalue weighted by Crippen LogP contribution is -2.05. The van der Waals surface area contributed by atoms with E-state index < -0.39 is 0 Å². The van der Waals surface area contributed by atoms with Gasteiger partial charge in [-0.25, -0.2) is 0 Å². The third-order valence-corrected chi connectivity index (χ3v) is 1.64. The third-order valence-electron chi connectivity index (χ3n) is 1.44. The van der Waals surface area contributed by atoms with Crippen molar-refractivity contribution in [1.29, 1.82) is 0 Å². The molecule has 0 saturated carbocycles. The number of halogens is 1. The zero-order valence-electron chi connectivity index (χ0n) is 7.01. The van der Waals surface area contributed by atoms with Crippen molar-refractivity contribution in [1.82, 2.24) is 5.32 Å². The molecule has 0 aliphatic carbocycles. The number of hydrogen-bond acceptors (Lipinski definition) is 2. The minimum absolute atomic E-state index is 0.434. The Morgan fingerprint density at radius 1 is 1.58 bits per heavy atom. The molecule has 0 fully saturated rings. The molecule has 66 valence electrons. The normalized spacial score (nSPS) is 11.2. The van der Waals surface area contributed by atoms with E-state index in [0.717, 1.165) is 18.7 Å². The van der Waals surface area contributed by atoms with Crippen LogP contribution in [0.2, 0.25) is 5.22 Å². The fraction of sp³-hybridized carbons (Fsp3) is 0.333. The Balaban J connectivity index is 2.36. The van der Waals surface area contributed by atoms with E-state index in [1.54, 1.807) is 6.07 Å². The van der Waals surface area contributed by atoms with Crippen LogP contribution in [0, 0.1) is 0 Å². The van der Waals surface area contributed by atoms with Crippen LogP contribution in [-0.2, 0) is 0 Å². The standard InChI is InChI=1S/C9H12ClNO/c1-11-7-3-2-4-8-5-6-9(10)12-8/h2,4-6,11H,3,7H2,1H3/b4-2-. The highest BCUT2D eigenvalue weighted by atomic mass is 35.5. The van der Waals surface area contributed by atoms with Gasteiger partial charge in [0.05, 0.1) is 0 Å². The number of rotatable bonds is 4. The first-order valence-corrected chi connectivity index (χ1v) is 4.27. The largest absolute Gasteiger partial charge is 0.445 e. The van der Waals surface area contributed by atoms with E-state index in [2.05, 4.69) is 5.32 Å². The van der Waals surface area contributed by atoms with Gasteiger partial charge in [-0.2, -0.15) is 0 Å². The fourth-order valence-corrected chi connectivity index (χ4v) is 0.997. The molecule has 1 N–H and O–H groups in total. The maximum atomic E-state index is 5.59. The minimum Gasteiger partial charge on any atom is -0.445 e. The molecule has 1 aromatic rings.